The van der Waals surface area contributed by atoms with E-state index in [2.05, 4.69) is 15.9 Å². The van der Waals surface area contributed by atoms with Crippen LogP contribution in [0.25, 0.3) is 0 Å². The summed E-state index contributed by atoms with van der Waals surface area (Å²) in [5, 5.41) is 0. The summed E-state index contributed by atoms with van der Waals surface area (Å²) in [6.45, 7) is 0.318. The largest absolute Gasteiger partial charge is 0.496 e. The molecule has 0 heterocycles. The lowest BCUT2D eigenvalue weighted by molar-refractivity contribution is 0.294. The van der Waals surface area contributed by atoms with Gasteiger partial charge >= 0.3 is 0 Å². The predicted octanol–water partition coefficient (Wildman–Crippen LogP) is 4.91. The zero-order valence-electron chi connectivity index (χ0n) is 10.8. The number of benzene rings is 2. The fourth-order valence-electron chi connectivity index (χ4n) is 1.81. The molecule has 0 amide bonds. The maximum atomic E-state index is 13.1. The van der Waals surface area contributed by atoms with Crippen LogP contribution in [0.2, 0.25) is 0 Å². The van der Waals surface area contributed by atoms with Gasteiger partial charge in [0.05, 0.1) is 13.0 Å². The molecule has 0 aliphatic rings. The number of methoxy groups -OCH3 is 1. The topological polar surface area (TPSA) is 18.5 Å². The van der Waals surface area contributed by atoms with Crippen LogP contribution < -0.4 is 9.47 Å². The highest BCUT2D eigenvalue weighted by Gasteiger charge is 2.08. The van der Waals surface area contributed by atoms with Crippen LogP contribution in [-0.2, 0) is 12.5 Å². The fourth-order valence-corrected chi connectivity index (χ4v) is 2.43. The summed E-state index contributed by atoms with van der Waals surface area (Å²) >= 11 is 9.20. The van der Waals surface area contributed by atoms with Gasteiger partial charge in [-0.25, -0.2) is 4.39 Å². The van der Waals surface area contributed by atoms with Crippen molar-refractivity contribution < 1.29 is 13.9 Å². The van der Waals surface area contributed by atoms with Gasteiger partial charge in [-0.2, -0.15) is 0 Å². The Hall–Kier alpha value is -1.26. The molecule has 0 aliphatic carbocycles. The number of hydrogen-bond donors (Lipinski definition) is 0. The Morgan fingerprint density at radius 1 is 1.10 bits per heavy atom. The summed E-state index contributed by atoms with van der Waals surface area (Å²) in [5.41, 5.74) is 1.52. The second-order valence-electron chi connectivity index (χ2n) is 4.13. The average Bonchev–Trinajstić information content (AvgIpc) is 2.46. The van der Waals surface area contributed by atoms with Gasteiger partial charge in [0.1, 0.15) is 23.9 Å². The number of halogens is 3. The van der Waals surface area contributed by atoms with Gasteiger partial charge in [-0.15, -0.1) is 11.6 Å². The fraction of sp³-hybridized carbons (Fsp3) is 0.200. The minimum Gasteiger partial charge on any atom is -0.496 e. The number of alkyl halides is 1. The Bertz CT molecular complexity index is 604. The van der Waals surface area contributed by atoms with Crippen LogP contribution in [0.4, 0.5) is 4.39 Å². The zero-order chi connectivity index (χ0) is 14.5. The first-order chi connectivity index (χ1) is 9.63. The molecular weight excluding hydrogens is 347 g/mol. The third-order valence-electron chi connectivity index (χ3n) is 2.79. The normalized spacial score (nSPS) is 10.4. The molecular formula is C15H13BrClFO2. The first kappa shape index (κ1) is 15.1. The van der Waals surface area contributed by atoms with Gasteiger partial charge in [0.25, 0.3) is 0 Å². The smallest absolute Gasteiger partial charge is 0.125 e. The maximum absolute atomic E-state index is 13.1. The molecule has 0 fully saturated rings. The van der Waals surface area contributed by atoms with Crippen LogP contribution in [0.3, 0.4) is 0 Å². The van der Waals surface area contributed by atoms with E-state index < -0.39 is 0 Å². The van der Waals surface area contributed by atoms with Gasteiger partial charge in [0.2, 0.25) is 0 Å². The number of hydrogen-bond acceptors (Lipinski definition) is 2. The summed E-state index contributed by atoms with van der Waals surface area (Å²) < 4.78 is 25.1. The van der Waals surface area contributed by atoms with Crippen molar-refractivity contribution in [3.63, 3.8) is 0 Å². The number of rotatable bonds is 5. The molecule has 106 valence electrons. The Kier molecular flexibility index (Phi) is 5.26. The molecule has 0 saturated carbocycles. The van der Waals surface area contributed by atoms with E-state index in [-0.39, 0.29) is 11.7 Å². The van der Waals surface area contributed by atoms with E-state index in [0.29, 0.717) is 17.9 Å². The van der Waals surface area contributed by atoms with E-state index in [1.165, 1.54) is 12.1 Å². The van der Waals surface area contributed by atoms with Crippen LogP contribution >= 0.6 is 27.5 Å². The first-order valence-electron chi connectivity index (χ1n) is 5.93. The van der Waals surface area contributed by atoms with Gasteiger partial charge in [0.15, 0.2) is 0 Å². The molecule has 2 aromatic carbocycles. The first-order valence-corrected chi connectivity index (χ1v) is 7.26. The zero-order valence-corrected chi connectivity index (χ0v) is 13.2. The summed E-state index contributed by atoms with van der Waals surface area (Å²) in [5.74, 6) is 1.18. The minimum absolute atomic E-state index is 0.197. The van der Waals surface area contributed by atoms with Gasteiger partial charge in [-0.05, 0) is 36.4 Å². The maximum Gasteiger partial charge on any atom is 0.125 e. The Morgan fingerprint density at radius 2 is 1.85 bits per heavy atom. The summed E-state index contributed by atoms with van der Waals surface area (Å²) in [6.07, 6.45) is 0. The average molecular weight is 360 g/mol. The summed E-state index contributed by atoms with van der Waals surface area (Å²) in [6, 6.07) is 9.98. The van der Waals surface area contributed by atoms with Crippen molar-refractivity contribution in [2.24, 2.45) is 0 Å². The van der Waals surface area contributed by atoms with Crippen LogP contribution in [0.1, 0.15) is 11.1 Å². The third kappa shape index (κ3) is 3.64. The molecule has 0 unspecified atom stereocenters. The van der Waals surface area contributed by atoms with Gasteiger partial charge in [0, 0.05) is 15.6 Å². The Labute approximate surface area is 130 Å². The highest BCUT2D eigenvalue weighted by atomic mass is 79.9. The predicted molar refractivity (Wildman–Crippen MR) is 81.0 cm³/mol. The summed E-state index contributed by atoms with van der Waals surface area (Å²) in [7, 11) is 1.61. The molecule has 0 bridgehead atoms. The van der Waals surface area contributed by atoms with E-state index >= 15 is 0 Å². The van der Waals surface area contributed by atoms with Crippen molar-refractivity contribution in [1.29, 1.82) is 0 Å². The lowest BCUT2D eigenvalue weighted by Crippen LogP contribution is -2.01. The monoisotopic (exact) mass is 358 g/mol. The van der Waals surface area contributed by atoms with Crippen LogP contribution in [0.5, 0.6) is 11.5 Å². The highest BCUT2D eigenvalue weighted by Crippen LogP contribution is 2.27. The third-order valence-corrected chi connectivity index (χ3v) is 3.57. The number of ether oxygens (including phenoxy) is 2. The van der Waals surface area contributed by atoms with Crippen molar-refractivity contribution in [3.05, 3.63) is 57.8 Å². The molecule has 2 nitrogen and oxygen atoms in total. The van der Waals surface area contributed by atoms with Gasteiger partial charge < -0.3 is 9.47 Å². The van der Waals surface area contributed by atoms with Crippen LogP contribution in [0, 0.1) is 5.82 Å². The Balaban J connectivity index is 2.18. The molecule has 0 atom stereocenters. The van der Waals surface area contributed by atoms with E-state index in [4.69, 9.17) is 21.1 Å². The highest BCUT2D eigenvalue weighted by molar-refractivity contribution is 9.10. The molecule has 0 aliphatic heterocycles. The lowest BCUT2D eigenvalue weighted by atomic mass is 10.2. The molecule has 0 N–H and O–H groups in total. The minimum atomic E-state index is -0.326. The van der Waals surface area contributed by atoms with E-state index in [1.807, 2.05) is 18.2 Å². The molecule has 0 aromatic heterocycles. The molecule has 0 spiro atoms. The van der Waals surface area contributed by atoms with Crippen LogP contribution in [-0.4, -0.2) is 7.11 Å². The molecule has 0 saturated heterocycles. The van der Waals surface area contributed by atoms with Crippen molar-refractivity contribution >= 4 is 27.5 Å². The van der Waals surface area contributed by atoms with E-state index in [0.717, 1.165) is 15.8 Å². The van der Waals surface area contributed by atoms with Crippen molar-refractivity contribution in [1.82, 2.24) is 0 Å². The quantitative estimate of drug-likeness (QED) is 0.706. The van der Waals surface area contributed by atoms with Gasteiger partial charge in [-0.1, -0.05) is 15.9 Å². The van der Waals surface area contributed by atoms with Crippen molar-refractivity contribution in [3.8, 4) is 11.5 Å². The lowest BCUT2D eigenvalue weighted by Gasteiger charge is -2.13. The summed E-state index contributed by atoms with van der Waals surface area (Å²) in [4.78, 5) is 0. The Morgan fingerprint density at radius 3 is 2.55 bits per heavy atom. The molecule has 2 rings (SSSR count). The molecule has 20 heavy (non-hydrogen) atoms. The standard InChI is InChI=1S/C15H13BrClFO2/c1-19-14-4-2-12(16)6-11(14)9-20-15-5-3-13(18)7-10(15)8-17/h2-7H,8-9H2,1H3. The van der Waals surface area contributed by atoms with E-state index in [9.17, 15) is 4.39 Å². The molecule has 2 aromatic rings. The van der Waals surface area contributed by atoms with Crippen LogP contribution in [0.15, 0.2) is 40.9 Å². The second kappa shape index (κ2) is 6.95. The van der Waals surface area contributed by atoms with Crippen molar-refractivity contribution in [2.75, 3.05) is 7.11 Å². The molecule has 5 heteroatoms. The second-order valence-corrected chi connectivity index (χ2v) is 5.31. The molecule has 0 radical (unpaired) electrons. The van der Waals surface area contributed by atoms with Crippen molar-refractivity contribution in [2.45, 2.75) is 12.5 Å². The van der Waals surface area contributed by atoms with E-state index in [1.54, 1.807) is 13.2 Å². The SMILES string of the molecule is COc1ccc(Br)cc1COc1ccc(F)cc1CCl. The van der Waals surface area contributed by atoms with Gasteiger partial charge in [-0.3, -0.25) is 0 Å².